The fourth-order valence-electron chi connectivity index (χ4n) is 4.37. The monoisotopic (exact) mass is 304 g/mol. The Bertz CT molecular complexity index is 788. The second-order valence-corrected chi connectivity index (χ2v) is 6.61. The summed E-state index contributed by atoms with van der Waals surface area (Å²) in [6, 6.07) is 8.67. The number of hydrogen-bond acceptors (Lipinski definition) is 3. The van der Waals surface area contributed by atoms with Crippen LogP contribution in [0.25, 0.3) is 0 Å². The zero-order chi connectivity index (χ0) is 16.3. The highest BCUT2D eigenvalue weighted by Crippen LogP contribution is 2.57. The zero-order valence-corrected chi connectivity index (χ0v) is 13.0. The van der Waals surface area contributed by atoms with Crippen molar-refractivity contribution >= 4 is 17.5 Å². The molecule has 2 aliphatic carbocycles. The molecule has 1 saturated heterocycles. The first-order valence-corrected chi connectivity index (χ1v) is 7.78. The molecule has 4 rings (SSSR count). The van der Waals surface area contributed by atoms with Crippen LogP contribution in [0.3, 0.4) is 0 Å². The molecule has 0 radical (unpaired) electrons. The molecule has 1 saturated carbocycles. The number of amides is 2. The smallest absolute Gasteiger partial charge is 0.238 e. The van der Waals surface area contributed by atoms with Gasteiger partial charge in [0.05, 0.1) is 29.2 Å². The van der Waals surface area contributed by atoms with Crippen molar-refractivity contribution in [2.45, 2.75) is 13.8 Å². The van der Waals surface area contributed by atoms with Crippen molar-refractivity contribution in [3.05, 3.63) is 53.1 Å². The van der Waals surface area contributed by atoms with Gasteiger partial charge in [-0.2, -0.15) is 5.26 Å². The van der Waals surface area contributed by atoms with Gasteiger partial charge in [-0.25, -0.2) is 4.90 Å². The normalized spacial score (nSPS) is 30.8. The Morgan fingerprint density at radius 3 is 1.96 bits per heavy atom. The topological polar surface area (TPSA) is 61.2 Å². The van der Waals surface area contributed by atoms with Gasteiger partial charge in [-0.3, -0.25) is 9.59 Å². The van der Waals surface area contributed by atoms with Crippen LogP contribution in [-0.4, -0.2) is 11.8 Å². The van der Waals surface area contributed by atoms with Crippen molar-refractivity contribution < 1.29 is 9.59 Å². The molecular formula is C19H16N2O2. The van der Waals surface area contributed by atoms with Crippen LogP contribution in [0.5, 0.6) is 0 Å². The Morgan fingerprint density at radius 1 is 1.00 bits per heavy atom. The Kier molecular flexibility index (Phi) is 2.83. The average Bonchev–Trinajstić information content (AvgIpc) is 3.18. The van der Waals surface area contributed by atoms with E-state index >= 15 is 0 Å². The van der Waals surface area contributed by atoms with Gasteiger partial charge in [0.2, 0.25) is 11.8 Å². The number of allylic oxidation sites excluding steroid dienone is 4. The lowest BCUT2D eigenvalue weighted by atomic mass is 9.85. The minimum absolute atomic E-state index is 0.0647. The SMILES string of the molecule is CC(C)=C1[C@H]2C=C[C@H]1[C@H]1C(=O)N(c3ccc(C#N)cc3)C(=O)[C@@H]12. The number of imide groups is 1. The largest absolute Gasteiger partial charge is 0.274 e. The minimum Gasteiger partial charge on any atom is -0.274 e. The van der Waals surface area contributed by atoms with Crippen LogP contribution < -0.4 is 4.90 Å². The lowest BCUT2D eigenvalue weighted by molar-refractivity contribution is -0.122. The number of nitrogens with zero attached hydrogens (tertiary/aromatic N) is 2. The van der Waals surface area contributed by atoms with Gasteiger partial charge in [0.1, 0.15) is 0 Å². The molecule has 0 unspecified atom stereocenters. The van der Waals surface area contributed by atoms with Gasteiger partial charge in [0, 0.05) is 11.8 Å². The summed E-state index contributed by atoms with van der Waals surface area (Å²) in [6.07, 6.45) is 4.17. The number of hydrogen-bond donors (Lipinski definition) is 0. The lowest BCUT2D eigenvalue weighted by Crippen LogP contribution is -2.33. The lowest BCUT2D eigenvalue weighted by Gasteiger charge is -2.19. The van der Waals surface area contributed by atoms with E-state index in [1.165, 1.54) is 16.0 Å². The summed E-state index contributed by atoms with van der Waals surface area (Å²) in [5.41, 5.74) is 3.54. The average molecular weight is 304 g/mol. The summed E-state index contributed by atoms with van der Waals surface area (Å²) >= 11 is 0. The summed E-state index contributed by atoms with van der Waals surface area (Å²) in [5.74, 6) is -0.624. The number of rotatable bonds is 1. The standard InChI is InChI=1S/C19H16N2O2/c1-10(2)15-13-7-8-14(15)17-16(13)18(22)21(19(17)23)12-5-3-11(9-20)4-6-12/h3-8,13-14,16-17H,1-2H3/t13-,14-,16-,17-/m1/s1. The van der Waals surface area contributed by atoms with Crippen LogP contribution in [0, 0.1) is 35.0 Å². The van der Waals surface area contributed by atoms with Crippen LogP contribution in [0.4, 0.5) is 5.69 Å². The van der Waals surface area contributed by atoms with Crippen molar-refractivity contribution in [2.75, 3.05) is 4.90 Å². The first-order valence-electron chi connectivity index (χ1n) is 7.78. The highest BCUT2D eigenvalue weighted by atomic mass is 16.2. The molecule has 2 bridgehead atoms. The number of carbonyl (C=O) groups excluding carboxylic acids is 2. The Hall–Kier alpha value is -2.67. The third-order valence-corrected chi connectivity index (χ3v) is 5.25. The van der Waals surface area contributed by atoms with Gasteiger partial charge in [-0.15, -0.1) is 0 Å². The van der Waals surface area contributed by atoms with E-state index in [1.807, 2.05) is 6.07 Å². The predicted octanol–water partition coefficient (Wildman–Crippen LogP) is 2.82. The highest BCUT2D eigenvalue weighted by molar-refractivity contribution is 6.23. The molecule has 1 aromatic rings. The van der Waals surface area contributed by atoms with E-state index in [2.05, 4.69) is 26.0 Å². The predicted molar refractivity (Wildman–Crippen MR) is 85.1 cm³/mol. The van der Waals surface area contributed by atoms with E-state index in [9.17, 15) is 9.59 Å². The molecule has 1 aromatic carbocycles. The summed E-state index contributed by atoms with van der Waals surface area (Å²) < 4.78 is 0. The maximum atomic E-state index is 12.9. The number of carbonyl (C=O) groups is 2. The highest BCUT2D eigenvalue weighted by Gasteiger charge is 2.61. The number of anilines is 1. The quantitative estimate of drug-likeness (QED) is 0.592. The summed E-state index contributed by atoms with van der Waals surface area (Å²) in [5, 5.41) is 8.88. The van der Waals surface area contributed by atoms with E-state index in [1.54, 1.807) is 24.3 Å². The molecule has 2 amide bonds. The van der Waals surface area contributed by atoms with Crippen LogP contribution in [0.15, 0.2) is 47.6 Å². The van der Waals surface area contributed by atoms with E-state index in [-0.39, 0.29) is 35.5 Å². The Balaban J connectivity index is 1.74. The molecule has 4 nitrogen and oxygen atoms in total. The van der Waals surface area contributed by atoms with Crippen LogP contribution in [0.1, 0.15) is 19.4 Å². The first kappa shape index (κ1) is 14.0. The molecule has 4 atom stereocenters. The first-order chi connectivity index (χ1) is 11.0. The van der Waals surface area contributed by atoms with Gasteiger partial charge in [0.25, 0.3) is 0 Å². The summed E-state index contributed by atoms with van der Waals surface area (Å²) in [4.78, 5) is 27.1. The number of nitriles is 1. The molecule has 1 aliphatic heterocycles. The van der Waals surface area contributed by atoms with E-state index in [4.69, 9.17) is 5.26 Å². The Morgan fingerprint density at radius 2 is 1.52 bits per heavy atom. The fraction of sp³-hybridized carbons (Fsp3) is 0.316. The van der Waals surface area contributed by atoms with Gasteiger partial charge in [-0.1, -0.05) is 23.3 Å². The maximum absolute atomic E-state index is 12.9. The molecule has 0 aromatic heterocycles. The van der Waals surface area contributed by atoms with Crippen molar-refractivity contribution in [2.24, 2.45) is 23.7 Å². The fourth-order valence-corrected chi connectivity index (χ4v) is 4.37. The maximum Gasteiger partial charge on any atom is 0.238 e. The van der Waals surface area contributed by atoms with Crippen molar-refractivity contribution in [1.82, 2.24) is 0 Å². The number of fused-ring (bicyclic) bond motifs is 5. The third-order valence-electron chi connectivity index (χ3n) is 5.25. The summed E-state index contributed by atoms with van der Waals surface area (Å²) in [6.45, 7) is 4.10. The van der Waals surface area contributed by atoms with Crippen LogP contribution in [0.2, 0.25) is 0 Å². The van der Waals surface area contributed by atoms with Gasteiger partial charge in [-0.05, 0) is 38.1 Å². The molecular weight excluding hydrogens is 288 g/mol. The Labute approximate surface area is 134 Å². The molecule has 23 heavy (non-hydrogen) atoms. The van der Waals surface area contributed by atoms with Crippen LogP contribution >= 0.6 is 0 Å². The molecule has 0 spiro atoms. The number of benzene rings is 1. The van der Waals surface area contributed by atoms with Gasteiger partial charge < -0.3 is 0 Å². The third kappa shape index (κ3) is 1.71. The van der Waals surface area contributed by atoms with E-state index < -0.39 is 0 Å². The van der Waals surface area contributed by atoms with Crippen molar-refractivity contribution in [1.29, 1.82) is 5.26 Å². The second kappa shape index (κ2) is 4.66. The van der Waals surface area contributed by atoms with E-state index in [0.717, 1.165) is 0 Å². The molecule has 1 heterocycles. The molecule has 4 heteroatoms. The van der Waals surface area contributed by atoms with Gasteiger partial charge >= 0.3 is 0 Å². The minimum atomic E-state index is -0.266. The van der Waals surface area contributed by atoms with Crippen molar-refractivity contribution in [3.63, 3.8) is 0 Å². The van der Waals surface area contributed by atoms with E-state index in [0.29, 0.717) is 11.3 Å². The van der Waals surface area contributed by atoms with Crippen molar-refractivity contribution in [3.8, 4) is 6.07 Å². The zero-order valence-electron chi connectivity index (χ0n) is 13.0. The molecule has 2 fully saturated rings. The van der Waals surface area contributed by atoms with Crippen LogP contribution in [-0.2, 0) is 9.59 Å². The molecule has 0 N–H and O–H groups in total. The second-order valence-electron chi connectivity index (χ2n) is 6.61. The molecule has 3 aliphatic rings. The molecule has 114 valence electrons. The summed E-state index contributed by atoms with van der Waals surface area (Å²) in [7, 11) is 0. The van der Waals surface area contributed by atoms with Gasteiger partial charge in [0.15, 0.2) is 0 Å².